The molecule has 0 aliphatic heterocycles. The van der Waals surface area contributed by atoms with Crippen LogP contribution < -0.4 is 10.5 Å². The Labute approximate surface area is 120 Å². The van der Waals surface area contributed by atoms with Gasteiger partial charge in [0.1, 0.15) is 18.7 Å². The summed E-state index contributed by atoms with van der Waals surface area (Å²) in [5, 5.41) is 4.19. The van der Waals surface area contributed by atoms with E-state index in [4.69, 9.17) is 10.5 Å². The maximum Gasteiger partial charge on any atom is 0.164 e. The molecule has 0 saturated carbocycles. The van der Waals surface area contributed by atoms with E-state index in [9.17, 15) is 0 Å². The average Bonchev–Trinajstić information content (AvgIpc) is 2.74. The quantitative estimate of drug-likeness (QED) is 0.859. The fourth-order valence-electron chi connectivity index (χ4n) is 1.69. The molecule has 0 aliphatic carbocycles. The predicted molar refractivity (Wildman–Crippen MR) is 77.7 cm³/mol. The Kier molecular flexibility index (Phi) is 4.42. The summed E-state index contributed by atoms with van der Waals surface area (Å²) in [6, 6.07) is 5.54. The topological polar surface area (TPSA) is 66.0 Å². The maximum absolute atomic E-state index is 5.88. The summed E-state index contributed by atoms with van der Waals surface area (Å²) in [6.45, 7) is 5.46. The molecule has 6 heteroatoms. The van der Waals surface area contributed by atoms with Crippen molar-refractivity contribution in [2.24, 2.45) is 5.92 Å². The van der Waals surface area contributed by atoms with Crippen LogP contribution in [0.2, 0.25) is 0 Å². The molecule has 102 valence electrons. The molecule has 0 fully saturated rings. The van der Waals surface area contributed by atoms with Gasteiger partial charge >= 0.3 is 0 Å². The average molecular weight is 325 g/mol. The Balaban J connectivity index is 2.04. The number of hydrogen-bond donors (Lipinski definition) is 1. The Morgan fingerprint density at radius 3 is 2.89 bits per heavy atom. The molecule has 0 bridgehead atoms. The van der Waals surface area contributed by atoms with E-state index in [0.29, 0.717) is 24.0 Å². The van der Waals surface area contributed by atoms with Gasteiger partial charge in [0, 0.05) is 11.0 Å². The van der Waals surface area contributed by atoms with Gasteiger partial charge in [-0.15, -0.1) is 0 Å². The molecule has 1 aromatic heterocycles. The van der Waals surface area contributed by atoms with Gasteiger partial charge in [0.05, 0.1) is 5.69 Å². The van der Waals surface area contributed by atoms with Gasteiger partial charge in [-0.3, -0.25) is 0 Å². The zero-order valence-corrected chi connectivity index (χ0v) is 12.6. The third-order valence-electron chi connectivity index (χ3n) is 2.56. The van der Waals surface area contributed by atoms with Gasteiger partial charge in [-0.05, 0) is 24.1 Å². The first-order valence-electron chi connectivity index (χ1n) is 6.10. The standard InChI is InChI=1S/C13H17BrN4O/c1-9(2)6-18-13(16-8-17-18)7-19-12-4-3-10(14)5-11(12)15/h3-5,8-9H,6-7,15H2,1-2H3. The molecule has 0 amide bonds. The van der Waals surface area contributed by atoms with Gasteiger partial charge in [-0.1, -0.05) is 29.8 Å². The highest BCUT2D eigenvalue weighted by Gasteiger charge is 2.08. The van der Waals surface area contributed by atoms with Crippen molar-refractivity contribution in [3.05, 3.63) is 34.8 Å². The maximum atomic E-state index is 5.88. The van der Waals surface area contributed by atoms with E-state index in [1.54, 1.807) is 6.33 Å². The minimum absolute atomic E-state index is 0.360. The molecule has 2 rings (SSSR count). The number of benzene rings is 1. The highest BCUT2D eigenvalue weighted by molar-refractivity contribution is 9.10. The molecule has 1 heterocycles. The number of halogens is 1. The van der Waals surface area contributed by atoms with Crippen LogP contribution in [0.5, 0.6) is 5.75 Å². The van der Waals surface area contributed by atoms with Crippen molar-refractivity contribution in [3.63, 3.8) is 0 Å². The van der Waals surface area contributed by atoms with Gasteiger partial charge < -0.3 is 10.5 Å². The first-order valence-corrected chi connectivity index (χ1v) is 6.90. The van der Waals surface area contributed by atoms with Gasteiger partial charge in [-0.25, -0.2) is 9.67 Å². The fourth-order valence-corrected chi connectivity index (χ4v) is 2.07. The summed E-state index contributed by atoms with van der Waals surface area (Å²) >= 11 is 3.36. The number of rotatable bonds is 5. The summed E-state index contributed by atoms with van der Waals surface area (Å²) in [5.41, 5.74) is 6.48. The van der Waals surface area contributed by atoms with Crippen LogP contribution in [0.4, 0.5) is 5.69 Å². The van der Waals surface area contributed by atoms with Crippen molar-refractivity contribution >= 4 is 21.6 Å². The summed E-state index contributed by atoms with van der Waals surface area (Å²) in [7, 11) is 0. The second-order valence-electron chi connectivity index (χ2n) is 4.72. The Morgan fingerprint density at radius 1 is 1.42 bits per heavy atom. The third-order valence-corrected chi connectivity index (χ3v) is 3.06. The van der Waals surface area contributed by atoms with Crippen LogP contribution >= 0.6 is 15.9 Å². The van der Waals surface area contributed by atoms with Crippen LogP contribution in [0.15, 0.2) is 29.0 Å². The van der Waals surface area contributed by atoms with Gasteiger partial charge in [0.25, 0.3) is 0 Å². The van der Waals surface area contributed by atoms with Crippen LogP contribution in [-0.2, 0) is 13.2 Å². The number of hydrogen-bond acceptors (Lipinski definition) is 4. The number of ether oxygens (including phenoxy) is 1. The molecule has 19 heavy (non-hydrogen) atoms. The van der Waals surface area contributed by atoms with E-state index in [1.807, 2.05) is 22.9 Å². The number of nitrogens with two attached hydrogens (primary N) is 1. The Hall–Kier alpha value is -1.56. The minimum atomic E-state index is 0.360. The lowest BCUT2D eigenvalue weighted by Gasteiger charge is -2.11. The number of nitrogen functional groups attached to an aromatic ring is 1. The lowest BCUT2D eigenvalue weighted by molar-refractivity contribution is 0.284. The number of nitrogens with zero attached hydrogens (tertiary/aromatic N) is 3. The van der Waals surface area contributed by atoms with Crippen LogP contribution in [0.1, 0.15) is 19.7 Å². The van der Waals surface area contributed by atoms with Crippen molar-refractivity contribution in [1.82, 2.24) is 14.8 Å². The molecule has 0 atom stereocenters. The van der Waals surface area contributed by atoms with Crippen molar-refractivity contribution in [1.29, 1.82) is 0 Å². The first-order chi connectivity index (χ1) is 9.06. The minimum Gasteiger partial charge on any atom is -0.483 e. The van der Waals surface area contributed by atoms with E-state index in [0.717, 1.165) is 16.8 Å². The summed E-state index contributed by atoms with van der Waals surface area (Å²) in [6.07, 6.45) is 1.55. The third kappa shape index (κ3) is 3.70. The SMILES string of the molecule is CC(C)Cn1ncnc1COc1ccc(Br)cc1N. The molecule has 0 radical (unpaired) electrons. The van der Waals surface area contributed by atoms with Gasteiger partial charge in [0.2, 0.25) is 0 Å². The molecule has 0 aliphatic rings. The Morgan fingerprint density at radius 2 is 2.21 bits per heavy atom. The van der Waals surface area contributed by atoms with E-state index < -0.39 is 0 Å². The van der Waals surface area contributed by atoms with E-state index in [2.05, 4.69) is 39.9 Å². The highest BCUT2D eigenvalue weighted by atomic mass is 79.9. The second kappa shape index (κ2) is 6.06. The summed E-state index contributed by atoms with van der Waals surface area (Å²) in [5.74, 6) is 1.97. The molecular formula is C13H17BrN4O. The lowest BCUT2D eigenvalue weighted by Crippen LogP contribution is -2.12. The zero-order chi connectivity index (χ0) is 13.8. The molecule has 0 saturated heterocycles. The number of anilines is 1. The number of aromatic nitrogens is 3. The van der Waals surface area contributed by atoms with Crippen molar-refractivity contribution < 1.29 is 4.74 Å². The van der Waals surface area contributed by atoms with Crippen molar-refractivity contribution in [2.75, 3.05) is 5.73 Å². The van der Waals surface area contributed by atoms with Crippen molar-refractivity contribution in [2.45, 2.75) is 27.0 Å². The van der Waals surface area contributed by atoms with Gasteiger partial charge in [-0.2, -0.15) is 5.10 Å². The molecule has 1 aromatic carbocycles. The molecule has 0 unspecified atom stereocenters. The van der Waals surface area contributed by atoms with E-state index in [1.165, 1.54) is 0 Å². The highest BCUT2D eigenvalue weighted by Crippen LogP contribution is 2.25. The van der Waals surface area contributed by atoms with Crippen LogP contribution in [0.25, 0.3) is 0 Å². The van der Waals surface area contributed by atoms with E-state index >= 15 is 0 Å². The predicted octanol–water partition coefficient (Wildman–Crippen LogP) is 2.86. The van der Waals surface area contributed by atoms with Gasteiger partial charge in [0.15, 0.2) is 5.82 Å². The summed E-state index contributed by atoms with van der Waals surface area (Å²) in [4.78, 5) is 4.21. The second-order valence-corrected chi connectivity index (χ2v) is 5.64. The van der Waals surface area contributed by atoms with E-state index in [-0.39, 0.29) is 0 Å². The lowest BCUT2D eigenvalue weighted by atomic mass is 10.2. The largest absolute Gasteiger partial charge is 0.483 e. The fraction of sp³-hybridized carbons (Fsp3) is 0.385. The van der Waals surface area contributed by atoms with Crippen LogP contribution in [0, 0.1) is 5.92 Å². The Bertz CT molecular complexity index is 553. The smallest absolute Gasteiger partial charge is 0.164 e. The molecule has 5 nitrogen and oxygen atoms in total. The molecule has 2 N–H and O–H groups in total. The summed E-state index contributed by atoms with van der Waals surface area (Å²) < 4.78 is 8.48. The zero-order valence-electron chi connectivity index (χ0n) is 11.0. The van der Waals surface area contributed by atoms with Crippen LogP contribution in [-0.4, -0.2) is 14.8 Å². The molecule has 2 aromatic rings. The molecule has 0 spiro atoms. The first kappa shape index (κ1) is 13.9. The van der Waals surface area contributed by atoms with Crippen LogP contribution in [0.3, 0.4) is 0 Å². The van der Waals surface area contributed by atoms with Crippen molar-refractivity contribution in [3.8, 4) is 5.75 Å². The normalized spacial score (nSPS) is 10.9. The monoisotopic (exact) mass is 324 g/mol. The molecular weight excluding hydrogens is 308 g/mol.